The van der Waals surface area contributed by atoms with Crippen LogP contribution in [0.15, 0.2) is 24.3 Å². The molecule has 0 fully saturated rings. The number of aryl methyl sites for hydroxylation is 1. The van der Waals surface area contributed by atoms with Crippen molar-refractivity contribution in [1.29, 1.82) is 0 Å². The lowest BCUT2D eigenvalue weighted by atomic mass is 10.1. The van der Waals surface area contributed by atoms with E-state index in [0.29, 0.717) is 11.7 Å². The van der Waals surface area contributed by atoms with Crippen molar-refractivity contribution in [3.8, 4) is 0 Å². The zero-order valence-corrected chi connectivity index (χ0v) is 10.7. The van der Waals surface area contributed by atoms with Crippen molar-refractivity contribution < 1.29 is 9.90 Å². The molecule has 1 aromatic heterocycles. The third-order valence-electron chi connectivity index (χ3n) is 2.59. The lowest BCUT2D eigenvalue weighted by Crippen LogP contribution is -2.22. The first-order chi connectivity index (χ1) is 8.56. The van der Waals surface area contributed by atoms with Gasteiger partial charge in [-0.25, -0.2) is 4.98 Å². The van der Waals surface area contributed by atoms with Crippen molar-refractivity contribution >= 4 is 28.5 Å². The monoisotopic (exact) mass is 264 g/mol. The van der Waals surface area contributed by atoms with Crippen LogP contribution in [0.2, 0.25) is 5.15 Å². The molecule has 0 saturated carbocycles. The first-order valence-electron chi connectivity index (χ1n) is 5.54. The van der Waals surface area contributed by atoms with E-state index >= 15 is 0 Å². The molecular formula is C13H13ClN2O2. The van der Waals surface area contributed by atoms with Gasteiger partial charge in [0.2, 0.25) is 0 Å². The molecule has 2 N–H and O–H groups in total. The van der Waals surface area contributed by atoms with Crippen molar-refractivity contribution in [3.05, 3.63) is 40.5 Å². The SMILES string of the molecule is Cc1ccc2cc(CNCC(=O)O)c(Cl)nc2c1. The number of benzene rings is 1. The summed E-state index contributed by atoms with van der Waals surface area (Å²) in [5.41, 5.74) is 2.78. The molecule has 1 heterocycles. The average Bonchev–Trinajstić information content (AvgIpc) is 2.29. The van der Waals surface area contributed by atoms with E-state index in [1.165, 1.54) is 0 Å². The summed E-state index contributed by atoms with van der Waals surface area (Å²) in [5, 5.41) is 12.8. The van der Waals surface area contributed by atoms with Gasteiger partial charge < -0.3 is 10.4 Å². The second kappa shape index (κ2) is 5.33. The molecule has 0 spiro atoms. The van der Waals surface area contributed by atoms with Gasteiger partial charge in [0, 0.05) is 17.5 Å². The lowest BCUT2D eigenvalue weighted by Gasteiger charge is -2.07. The Balaban J connectivity index is 2.26. The molecule has 1 aromatic carbocycles. The van der Waals surface area contributed by atoms with E-state index in [-0.39, 0.29) is 6.54 Å². The molecule has 4 nitrogen and oxygen atoms in total. The van der Waals surface area contributed by atoms with Crippen LogP contribution in [0, 0.1) is 6.92 Å². The number of aromatic nitrogens is 1. The van der Waals surface area contributed by atoms with E-state index in [4.69, 9.17) is 16.7 Å². The number of hydrogen-bond donors (Lipinski definition) is 2. The smallest absolute Gasteiger partial charge is 0.317 e. The predicted molar refractivity (Wildman–Crippen MR) is 70.8 cm³/mol. The molecule has 0 saturated heterocycles. The summed E-state index contributed by atoms with van der Waals surface area (Å²) in [4.78, 5) is 14.7. The highest BCUT2D eigenvalue weighted by molar-refractivity contribution is 6.30. The minimum absolute atomic E-state index is 0.0950. The van der Waals surface area contributed by atoms with E-state index in [2.05, 4.69) is 10.3 Å². The van der Waals surface area contributed by atoms with Crippen molar-refractivity contribution in [2.45, 2.75) is 13.5 Å². The molecule has 5 heteroatoms. The highest BCUT2D eigenvalue weighted by atomic mass is 35.5. The quantitative estimate of drug-likeness (QED) is 0.833. The number of rotatable bonds is 4. The molecule has 0 aliphatic carbocycles. The summed E-state index contributed by atoms with van der Waals surface area (Å²) in [6, 6.07) is 7.88. The summed E-state index contributed by atoms with van der Waals surface area (Å²) >= 11 is 6.07. The normalized spacial score (nSPS) is 10.8. The highest BCUT2D eigenvalue weighted by Gasteiger charge is 2.05. The van der Waals surface area contributed by atoms with Crippen molar-refractivity contribution in [3.63, 3.8) is 0 Å². The van der Waals surface area contributed by atoms with E-state index in [1.807, 2.05) is 31.2 Å². The topological polar surface area (TPSA) is 62.2 Å². The third kappa shape index (κ3) is 2.97. The largest absolute Gasteiger partial charge is 0.480 e. The Morgan fingerprint density at radius 3 is 2.94 bits per heavy atom. The van der Waals surface area contributed by atoms with Crippen LogP contribution in [0.25, 0.3) is 10.9 Å². The Hall–Kier alpha value is -1.65. The maximum atomic E-state index is 10.4. The number of pyridine rings is 1. The number of carboxylic acids is 1. The van der Waals surface area contributed by atoms with Gasteiger partial charge in [0.05, 0.1) is 12.1 Å². The van der Waals surface area contributed by atoms with Crippen LogP contribution < -0.4 is 5.32 Å². The third-order valence-corrected chi connectivity index (χ3v) is 2.92. The van der Waals surface area contributed by atoms with E-state index in [0.717, 1.165) is 22.0 Å². The first-order valence-corrected chi connectivity index (χ1v) is 5.92. The number of nitrogens with one attached hydrogen (secondary N) is 1. The second-order valence-corrected chi connectivity index (χ2v) is 4.49. The highest BCUT2D eigenvalue weighted by Crippen LogP contribution is 2.21. The molecule has 2 rings (SSSR count). The summed E-state index contributed by atoms with van der Waals surface area (Å²) < 4.78 is 0. The van der Waals surface area contributed by atoms with Crippen molar-refractivity contribution in [2.24, 2.45) is 0 Å². The van der Waals surface area contributed by atoms with Crippen LogP contribution in [0.3, 0.4) is 0 Å². The summed E-state index contributed by atoms with van der Waals surface area (Å²) in [7, 11) is 0. The molecule has 0 radical (unpaired) electrons. The van der Waals surface area contributed by atoms with Gasteiger partial charge in [-0.2, -0.15) is 0 Å². The van der Waals surface area contributed by atoms with Gasteiger partial charge in [0.25, 0.3) is 0 Å². The first kappa shape index (κ1) is 12.8. The molecule has 94 valence electrons. The zero-order chi connectivity index (χ0) is 13.1. The Bertz CT molecular complexity index is 599. The van der Waals surface area contributed by atoms with Crippen LogP contribution in [0.1, 0.15) is 11.1 Å². The Morgan fingerprint density at radius 2 is 2.22 bits per heavy atom. The number of carboxylic acid groups (broad SMARTS) is 1. The second-order valence-electron chi connectivity index (χ2n) is 4.13. The minimum atomic E-state index is -0.893. The Labute approximate surface area is 110 Å². The van der Waals surface area contributed by atoms with Crippen LogP contribution in [-0.2, 0) is 11.3 Å². The van der Waals surface area contributed by atoms with Crippen LogP contribution in [0.5, 0.6) is 0 Å². The lowest BCUT2D eigenvalue weighted by molar-refractivity contribution is -0.135. The predicted octanol–water partition coefficient (Wildman–Crippen LogP) is 2.37. The average molecular weight is 265 g/mol. The molecule has 0 amide bonds. The van der Waals surface area contributed by atoms with E-state index in [1.54, 1.807) is 0 Å². The van der Waals surface area contributed by atoms with E-state index in [9.17, 15) is 4.79 Å². The van der Waals surface area contributed by atoms with Crippen LogP contribution in [0.4, 0.5) is 0 Å². The number of hydrogen-bond acceptors (Lipinski definition) is 3. The summed E-state index contributed by atoms with van der Waals surface area (Å²) in [6.07, 6.45) is 0. The van der Waals surface area contributed by atoms with Crippen molar-refractivity contribution in [2.75, 3.05) is 6.54 Å². The molecule has 0 aliphatic heterocycles. The fraction of sp³-hybridized carbons (Fsp3) is 0.231. The number of aliphatic carboxylic acids is 1. The van der Waals surface area contributed by atoms with E-state index < -0.39 is 5.97 Å². The number of fused-ring (bicyclic) bond motifs is 1. The fourth-order valence-electron chi connectivity index (χ4n) is 1.73. The molecule has 18 heavy (non-hydrogen) atoms. The fourth-order valence-corrected chi connectivity index (χ4v) is 1.94. The number of carbonyl (C=O) groups is 1. The molecule has 0 bridgehead atoms. The Kier molecular flexibility index (Phi) is 3.79. The summed E-state index contributed by atoms with van der Waals surface area (Å²) in [6.45, 7) is 2.29. The summed E-state index contributed by atoms with van der Waals surface area (Å²) in [5.74, 6) is -0.893. The van der Waals surface area contributed by atoms with Gasteiger partial charge >= 0.3 is 5.97 Å². The minimum Gasteiger partial charge on any atom is -0.480 e. The standard InChI is InChI=1S/C13H13ClN2O2/c1-8-2-3-9-5-10(6-15-7-12(17)18)13(14)16-11(9)4-8/h2-5,15H,6-7H2,1H3,(H,17,18). The van der Waals surface area contributed by atoms with Crippen LogP contribution in [-0.4, -0.2) is 22.6 Å². The van der Waals surface area contributed by atoms with Gasteiger partial charge in [-0.05, 0) is 24.6 Å². The molecule has 0 unspecified atom stereocenters. The van der Waals surface area contributed by atoms with Crippen LogP contribution >= 0.6 is 11.6 Å². The molecule has 2 aromatic rings. The molecule has 0 atom stereocenters. The maximum absolute atomic E-state index is 10.4. The van der Waals surface area contributed by atoms with Crippen molar-refractivity contribution in [1.82, 2.24) is 10.3 Å². The van der Waals surface area contributed by atoms with Gasteiger partial charge in [-0.3, -0.25) is 4.79 Å². The maximum Gasteiger partial charge on any atom is 0.317 e. The molecular weight excluding hydrogens is 252 g/mol. The van der Waals surface area contributed by atoms with Gasteiger partial charge in [-0.15, -0.1) is 0 Å². The van der Waals surface area contributed by atoms with Gasteiger partial charge in [0.1, 0.15) is 5.15 Å². The molecule has 0 aliphatic rings. The zero-order valence-electron chi connectivity index (χ0n) is 9.90. The number of halogens is 1. The van der Waals surface area contributed by atoms with Gasteiger partial charge in [-0.1, -0.05) is 23.7 Å². The Morgan fingerprint density at radius 1 is 1.44 bits per heavy atom. The number of nitrogens with zero attached hydrogens (tertiary/aromatic N) is 1. The van der Waals surface area contributed by atoms with Gasteiger partial charge in [0.15, 0.2) is 0 Å².